The van der Waals surface area contributed by atoms with Crippen molar-refractivity contribution in [1.29, 1.82) is 0 Å². The summed E-state index contributed by atoms with van der Waals surface area (Å²) in [5.41, 5.74) is 1.61. The van der Waals surface area contributed by atoms with Crippen molar-refractivity contribution in [3.05, 3.63) is 59.4 Å². The summed E-state index contributed by atoms with van der Waals surface area (Å²) in [4.78, 5) is 33.1. The second-order valence-corrected chi connectivity index (χ2v) is 5.65. The topological polar surface area (TPSA) is 94.7 Å². The van der Waals surface area contributed by atoms with Crippen LogP contribution in [-0.4, -0.2) is 30.2 Å². The number of para-hydroxylation sites is 1. The molecule has 0 spiro atoms. The molecule has 25 heavy (non-hydrogen) atoms. The van der Waals surface area contributed by atoms with Crippen molar-refractivity contribution in [3.8, 4) is 0 Å². The van der Waals surface area contributed by atoms with E-state index in [1.807, 2.05) is 30.3 Å². The molecule has 0 atom stereocenters. The maximum atomic E-state index is 12.4. The van der Waals surface area contributed by atoms with Gasteiger partial charge in [-0.3, -0.25) is 23.8 Å². The number of pyridine rings is 1. The zero-order chi connectivity index (χ0) is 17.4. The van der Waals surface area contributed by atoms with Crippen molar-refractivity contribution >= 4 is 33.5 Å². The Morgan fingerprint density at radius 2 is 2.04 bits per heavy atom. The highest BCUT2D eigenvalue weighted by Gasteiger charge is 2.11. The Kier molecular flexibility index (Phi) is 3.50. The minimum atomic E-state index is -0.329. The number of carbonyl (C=O) groups is 1. The molecule has 3 aromatic heterocycles. The first-order valence-corrected chi connectivity index (χ1v) is 7.63. The molecule has 4 aromatic rings. The number of fused-ring (bicyclic) bond motifs is 2. The zero-order valence-electron chi connectivity index (χ0n) is 13.4. The van der Waals surface area contributed by atoms with Crippen LogP contribution in [0, 0.1) is 0 Å². The maximum absolute atomic E-state index is 12.4. The quantitative estimate of drug-likeness (QED) is 0.610. The van der Waals surface area contributed by atoms with Crippen molar-refractivity contribution in [3.63, 3.8) is 0 Å². The van der Waals surface area contributed by atoms with Crippen molar-refractivity contribution < 1.29 is 4.79 Å². The van der Waals surface area contributed by atoms with Crippen molar-refractivity contribution in [2.45, 2.75) is 6.54 Å². The van der Waals surface area contributed by atoms with E-state index in [1.54, 1.807) is 13.2 Å². The summed E-state index contributed by atoms with van der Waals surface area (Å²) in [6, 6.07) is 9.47. The lowest BCUT2D eigenvalue weighted by Gasteiger charge is -2.08. The van der Waals surface area contributed by atoms with Gasteiger partial charge in [0, 0.05) is 12.4 Å². The van der Waals surface area contributed by atoms with Crippen LogP contribution in [0.15, 0.2) is 53.8 Å². The predicted octanol–water partition coefficient (Wildman–Crippen LogP) is 1.32. The highest BCUT2D eigenvalue weighted by atomic mass is 16.2. The molecule has 1 amide bonds. The molecule has 0 aliphatic carbocycles. The summed E-state index contributed by atoms with van der Waals surface area (Å²) < 4.78 is 2.77. The first kappa shape index (κ1) is 15.0. The number of nitrogens with zero attached hydrogens (tertiary/aromatic N) is 5. The molecule has 0 aliphatic heterocycles. The minimum Gasteiger partial charge on any atom is -0.323 e. The van der Waals surface area contributed by atoms with Crippen molar-refractivity contribution in [1.82, 2.24) is 24.3 Å². The van der Waals surface area contributed by atoms with E-state index in [2.05, 4.69) is 20.4 Å². The van der Waals surface area contributed by atoms with Gasteiger partial charge in [0.25, 0.3) is 5.56 Å². The smallest absolute Gasteiger partial charge is 0.264 e. The molecule has 0 saturated carbocycles. The van der Waals surface area contributed by atoms with Crippen LogP contribution in [0.5, 0.6) is 0 Å². The van der Waals surface area contributed by atoms with Gasteiger partial charge >= 0.3 is 0 Å². The van der Waals surface area contributed by atoms with E-state index in [4.69, 9.17) is 0 Å². The summed E-state index contributed by atoms with van der Waals surface area (Å²) in [6.07, 6.45) is 4.39. The Balaban J connectivity index is 1.57. The molecule has 8 nitrogen and oxygen atoms in total. The van der Waals surface area contributed by atoms with Crippen LogP contribution in [0.25, 0.3) is 21.9 Å². The monoisotopic (exact) mass is 334 g/mol. The zero-order valence-corrected chi connectivity index (χ0v) is 13.4. The van der Waals surface area contributed by atoms with E-state index in [9.17, 15) is 9.59 Å². The standard InChI is InChI=1S/C17H14N6O2/c1-22-16-13(8-20-22)17(25)23(10-19-16)9-15(24)21-12-6-11-4-2-3-5-14(11)18-7-12/h2-8,10H,9H2,1H3,(H,21,24). The highest BCUT2D eigenvalue weighted by molar-refractivity contribution is 5.93. The molecule has 8 heteroatoms. The van der Waals surface area contributed by atoms with E-state index in [-0.39, 0.29) is 18.0 Å². The van der Waals surface area contributed by atoms with Crippen LogP contribution < -0.4 is 10.9 Å². The van der Waals surface area contributed by atoms with Crippen LogP contribution in [0.3, 0.4) is 0 Å². The first-order valence-electron chi connectivity index (χ1n) is 7.63. The largest absolute Gasteiger partial charge is 0.323 e. The minimum absolute atomic E-state index is 0.135. The summed E-state index contributed by atoms with van der Waals surface area (Å²) in [7, 11) is 1.71. The number of hydrogen-bond acceptors (Lipinski definition) is 5. The third-order valence-electron chi connectivity index (χ3n) is 3.91. The number of aromatic nitrogens is 5. The number of hydrogen-bond donors (Lipinski definition) is 1. The number of nitrogens with one attached hydrogen (secondary N) is 1. The van der Waals surface area contributed by atoms with Crippen molar-refractivity contribution in [2.24, 2.45) is 7.05 Å². The molecular weight excluding hydrogens is 320 g/mol. The molecule has 3 heterocycles. The van der Waals surface area contributed by atoms with E-state index >= 15 is 0 Å². The van der Waals surface area contributed by atoms with Gasteiger partial charge in [0.15, 0.2) is 5.65 Å². The molecule has 0 radical (unpaired) electrons. The molecule has 1 aromatic carbocycles. The fourth-order valence-corrected chi connectivity index (χ4v) is 2.67. The van der Waals surface area contributed by atoms with E-state index in [1.165, 1.54) is 21.8 Å². The van der Waals surface area contributed by atoms with Crippen LogP contribution in [0.2, 0.25) is 0 Å². The van der Waals surface area contributed by atoms with Gasteiger partial charge < -0.3 is 5.32 Å². The third-order valence-corrected chi connectivity index (χ3v) is 3.91. The lowest BCUT2D eigenvalue weighted by atomic mass is 10.2. The second-order valence-electron chi connectivity index (χ2n) is 5.65. The molecule has 4 rings (SSSR count). The van der Waals surface area contributed by atoms with Gasteiger partial charge in [0.1, 0.15) is 18.3 Å². The molecular formula is C17H14N6O2. The predicted molar refractivity (Wildman–Crippen MR) is 93.1 cm³/mol. The average molecular weight is 334 g/mol. The summed E-state index contributed by atoms with van der Waals surface area (Å²) in [5, 5.41) is 8.07. The van der Waals surface area contributed by atoms with Gasteiger partial charge in [-0.05, 0) is 12.1 Å². The van der Waals surface area contributed by atoms with Crippen LogP contribution in [0.4, 0.5) is 5.69 Å². The highest BCUT2D eigenvalue weighted by Crippen LogP contribution is 2.16. The molecule has 1 N–H and O–H groups in total. The summed E-state index contributed by atoms with van der Waals surface area (Å²) >= 11 is 0. The fraction of sp³-hybridized carbons (Fsp3) is 0.118. The van der Waals surface area contributed by atoms with E-state index in [0.717, 1.165) is 10.9 Å². The van der Waals surface area contributed by atoms with Crippen molar-refractivity contribution in [2.75, 3.05) is 5.32 Å². The van der Waals surface area contributed by atoms with Gasteiger partial charge in [0.05, 0.1) is 23.6 Å². The normalized spacial score (nSPS) is 11.1. The summed E-state index contributed by atoms with van der Waals surface area (Å²) in [6.45, 7) is -0.135. The lowest BCUT2D eigenvalue weighted by Crippen LogP contribution is -2.27. The number of carbonyl (C=O) groups excluding carboxylic acids is 1. The van der Waals surface area contributed by atoms with E-state index in [0.29, 0.717) is 16.7 Å². The molecule has 124 valence electrons. The number of anilines is 1. The number of benzene rings is 1. The fourth-order valence-electron chi connectivity index (χ4n) is 2.67. The Morgan fingerprint density at radius 3 is 2.92 bits per heavy atom. The number of amides is 1. The van der Waals surface area contributed by atoms with Gasteiger partial charge in [-0.25, -0.2) is 4.98 Å². The number of aryl methyl sites for hydroxylation is 1. The molecule has 0 fully saturated rings. The van der Waals surface area contributed by atoms with Gasteiger partial charge in [-0.1, -0.05) is 18.2 Å². The second kappa shape index (κ2) is 5.82. The molecule has 0 aliphatic rings. The van der Waals surface area contributed by atoms with Crippen LogP contribution in [0.1, 0.15) is 0 Å². The first-order chi connectivity index (χ1) is 12.1. The Hall–Kier alpha value is -3.55. The molecule has 0 bridgehead atoms. The third kappa shape index (κ3) is 2.74. The van der Waals surface area contributed by atoms with Gasteiger partial charge in [0.2, 0.25) is 5.91 Å². The van der Waals surface area contributed by atoms with Crippen LogP contribution >= 0.6 is 0 Å². The summed E-state index contributed by atoms with van der Waals surface area (Å²) in [5.74, 6) is -0.329. The Labute approximate surface area is 141 Å². The Bertz CT molecular complexity index is 1160. The van der Waals surface area contributed by atoms with Crippen LogP contribution in [-0.2, 0) is 18.4 Å². The maximum Gasteiger partial charge on any atom is 0.264 e. The SMILES string of the molecule is Cn1ncc2c(=O)n(CC(=O)Nc3cnc4ccccc4c3)cnc21. The van der Waals surface area contributed by atoms with Gasteiger partial charge in [-0.15, -0.1) is 0 Å². The lowest BCUT2D eigenvalue weighted by molar-refractivity contribution is -0.116. The Morgan fingerprint density at radius 1 is 1.20 bits per heavy atom. The number of rotatable bonds is 3. The average Bonchev–Trinajstić information content (AvgIpc) is 2.99. The van der Waals surface area contributed by atoms with E-state index < -0.39 is 0 Å². The molecule has 0 saturated heterocycles. The molecule has 0 unspecified atom stereocenters. The van der Waals surface area contributed by atoms with Gasteiger partial charge in [-0.2, -0.15) is 5.10 Å².